The first-order valence-electron chi connectivity index (χ1n) is 8.89. The molecule has 1 atom stereocenters. The number of carbonyl (C=O) groups is 1. The molecule has 2 aromatic carbocycles. The molecule has 1 amide bonds. The van der Waals surface area contributed by atoms with E-state index in [1.54, 1.807) is 0 Å². The van der Waals surface area contributed by atoms with Gasteiger partial charge in [0.05, 0.1) is 34.0 Å². The van der Waals surface area contributed by atoms with Crippen molar-refractivity contribution in [3.05, 3.63) is 59.7 Å². The number of carbonyl (C=O) groups excluding carboxylic acids is 1. The van der Waals surface area contributed by atoms with Crippen LogP contribution in [0.1, 0.15) is 28.8 Å². The van der Waals surface area contributed by atoms with Gasteiger partial charge in [-0.1, -0.05) is 35.6 Å². The zero-order chi connectivity index (χ0) is 19.7. The topological polar surface area (TPSA) is 42.4 Å². The van der Waals surface area contributed by atoms with Crippen molar-refractivity contribution >= 4 is 32.6 Å². The number of benzene rings is 2. The summed E-state index contributed by atoms with van der Waals surface area (Å²) in [5.41, 5.74) is -0.623. The lowest BCUT2D eigenvalue weighted by Gasteiger charge is -2.24. The molecular formula is C20H17F3N2O2S. The molecule has 0 N–H and O–H groups in total. The second-order valence-corrected chi connectivity index (χ2v) is 7.57. The number of rotatable bonds is 4. The Morgan fingerprint density at radius 1 is 1.18 bits per heavy atom. The average Bonchev–Trinajstić information content (AvgIpc) is 3.34. The van der Waals surface area contributed by atoms with Gasteiger partial charge in [-0.2, -0.15) is 13.2 Å². The summed E-state index contributed by atoms with van der Waals surface area (Å²) in [4.78, 5) is 19.0. The molecule has 0 saturated carbocycles. The Morgan fingerprint density at radius 2 is 1.93 bits per heavy atom. The summed E-state index contributed by atoms with van der Waals surface area (Å²) < 4.78 is 46.8. The number of hydrogen-bond acceptors (Lipinski definition) is 4. The maximum absolute atomic E-state index is 13.4. The summed E-state index contributed by atoms with van der Waals surface area (Å²) >= 11 is 1.28. The third kappa shape index (κ3) is 3.74. The Labute approximate surface area is 163 Å². The highest BCUT2D eigenvalue weighted by molar-refractivity contribution is 7.22. The summed E-state index contributed by atoms with van der Waals surface area (Å²) in [6.07, 6.45) is -3.20. The van der Waals surface area contributed by atoms with E-state index >= 15 is 0 Å². The van der Waals surface area contributed by atoms with Crippen molar-refractivity contribution in [1.82, 2.24) is 4.98 Å². The Morgan fingerprint density at radius 3 is 2.64 bits per heavy atom. The van der Waals surface area contributed by atoms with Gasteiger partial charge < -0.3 is 4.74 Å². The van der Waals surface area contributed by atoms with Crippen LogP contribution in [0.25, 0.3) is 10.2 Å². The highest BCUT2D eigenvalue weighted by Gasteiger charge is 2.37. The van der Waals surface area contributed by atoms with E-state index in [0.717, 1.165) is 23.6 Å². The van der Waals surface area contributed by atoms with Gasteiger partial charge in [-0.3, -0.25) is 9.69 Å². The van der Waals surface area contributed by atoms with Crippen molar-refractivity contribution in [2.45, 2.75) is 25.1 Å². The summed E-state index contributed by atoms with van der Waals surface area (Å²) in [6.45, 7) is 0.760. The largest absolute Gasteiger partial charge is 0.417 e. The van der Waals surface area contributed by atoms with E-state index < -0.39 is 17.6 Å². The molecule has 0 spiro atoms. The number of amides is 1. The van der Waals surface area contributed by atoms with Gasteiger partial charge in [0.1, 0.15) is 0 Å². The molecule has 0 bridgehead atoms. The van der Waals surface area contributed by atoms with Crippen LogP contribution in [0.2, 0.25) is 0 Å². The van der Waals surface area contributed by atoms with Gasteiger partial charge in [-0.25, -0.2) is 4.98 Å². The fraction of sp³-hybridized carbons (Fsp3) is 0.300. The summed E-state index contributed by atoms with van der Waals surface area (Å²) in [6, 6.07) is 12.2. The van der Waals surface area contributed by atoms with E-state index in [2.05, 4.69) is 4.98 Å². The zero-order valence-corrected chi connectivity index (χ0v) is 15.6. The second-order valence-electron chi connectivity index (χ2n) is 6.56. The normalized spacial score (nSPS) is 17.2. The molecule has 1 saturated heterocycles. The van der Waals surface area contributed by atoms with E-state index in [1.807, 2.05) is 24.3 Å². The minimum Gasteiger partial charge on any atom is -0.376 e. The second kappa shape index (κ2) is 7.52. The van der Waals surface area contributed by atoms with Gasteiger partial charge in [0.15, 0.2) is 5.13 Å². The Hall–Kier alpha value is -2.45. The van der Waals surface area contributed by atoms with Crippen molar-refractivity contribution in [2.75, 3.05) is 18.1 Å². The smallest absolute Gasteiger partial charge is 0.376 e. The van der Waals surface area contributed by atoms with Crippen molar-refractivity contribution < 1.29 is 22.7 Å². The van der Waals surface area contributed by atoms with Crippen LogP contribution in [0.4, 0.5) is 18.3 Å². The first-order valence-corrected chi connectivity index (χ1v) is 9.70. The number of fused-ring (bicyclic) bond motifs is 1. The Kier molecular flexibility index (Phi) is 5.07. The number of thiazole rings is 1. The molecule has 1 aromatic heterocycles. The third-order valence-electron chi connectivity index (χ3n) is 4.63. The lowest BCUT2D eigenvalue weighted by molar-refractivity contribution is -0.137. The number of hydrogen-bond donors (Lipinski definition) is 0. The van der Waals surface area contributed by atoms with Gasteiger partial charge in [0.2, 0.25) is 0 Å². The van der Waals surface area contributed by atoms with Crippen LogP contribution >= 0.6 is 11.3 Å². The number of anilines is 1. The van der Waals surface area contributed by atoms with Gasteiger partial charge >= 0.3 is 6.18 Å². The van der Waals surface area contributed by atoms with Gasteiger partial charge in [-0.05, 0) is 37.1 Å². The molecule has 3 aromatic rings. The van der Waals surface area contributed by atoms with Crippen molar-refractivity contribution in [3.8, 4) is 0 Å². The molecule has 0 radical (unpaired) electrons. The van der Waals surface area contributed by atoms with Crippen LogP contribution in [0.15, 0.2) is 48.5 Å². The molecule has 146 valence electrons. The molecule has 28 heavy (non-hydrogen) atoms. The van der Waals surface area contributed by atoms with E-state index in [-0.39, 0.29) is 18.2 Å². The minimum atomic E-state index is -4.62. The van der Waals surface area contributed by atoms with Crippen LogP contribution in [0.3, 0.4) is 0 Å². The quantitative estimate of drug-likeness (QED) is 0.602. The van der Waals surface area contributed by atoms with E-state index in [4.69, 9.17) is 4.74 Å². The monoisotopic (exact) mass is 406 g/mol. The van der Waals surface area contributed by atoms with E-state index in [1.165, 1.54) is 34.4 Å². The lowest BCUT2D eigenvalue weighted by atomic mass is 10.1. The van der Waals surface area contributed by atoms with Gasteiger partial charge in [0, 0.05) is 6.61 Å². The molecular weight excluding hydrogens is 389 g/mol. The Bertz CT molecular complexity index is 963. The maximum Gasteiger partial charge on any atom is 0.417 e. The van der Waals surface area contributed by atoms with Crippen LogP contribution in [-0.2, 0) is 10.9 Å². The first-order chi connectivity index (χ1) is 13.4. The predicted molar refractivity (Wildman–Crippen MR) is 102 cm³/mol. The highest BCUT2D eigenvalue weighted by atomic mass is 32.1. The summed E-state index contributed by atoms with van der Waals surface area (Å²) in [7, 11) is 0. The fourth-order valence-corrected chi connectivity index (χ4v) is 4.25. The molecule has 1 aliphatic rings. The van der Waals surface area contributed by atoms with Crippen molar-refractivity contribution in [1.29, 1.82) is 0 Å². The van der Waals surface area contributed by atoms with Crippen molar-refractivity contribution in [3.63, 3.8) is 0 Å². The average molecular weight is 406 g/mol. The van der Waals surface area contributed by atoms with Crippen LogP contribution in [0.5, 0.6) is 0 Å². The number of alkyl halides is 3. The molecule has 4 nitrogen and oxygen atoms in total. The van der Waals surface area contributed by atoms with Crippen molar-refractivity contribution in [2.24, 2.45) is 0 Å². The molecule has 1 fully saturated rings. The number of nitrogens with zero attached hydrogens (tertiary/aromatic N) is 2. The van der Waals surface area contributed by atoms with E-state index in [0.29, 0.717) is 17.3 Å². The summed E-state index contributed by atoms with van der Waals surface area (Å²) in [5.74, 6) is -0.720. The van der Waals surface area contributed by atoms with Gasteiger partial charge in [0.25, 0.3) is 5.91 Å². The minimum absolute atomic E-state index is 0.171. The SMILES string of the molecule is O=C(c1ccccc1C(F)(F)F)N(CC1CCCO1)c1nc2ccccc2s1. The lowest BCUT2D eigenvalue weighted by Crippen LogP contribution is -2.38. The molecule has 2 heterocycles. The standard InChI is InChI=1S/C20H17F3N2O2S/c21-20(22,23)15-8-2-1-7-14(15)18(26)25(12-13-6-5-11-27-13)19-24-16-9-3-4-10-17(16)28-19/h1-4,7-10,13H,5-6,11-12H2. The van der Waals surface area contributed by atoms with Gasteiger partial charge in [-0.15, -0.1) is 0 Å². The number of ether oxygens (including phenoxy) is 1. The highest BCUT2D eigenvalue weighted by Crippen LogP contribution is 2.35. The third-order valence-corrected chi connectivity index (χ3v) is 5.69. The zero-order valence-electron chi connectivity index (χ0n) is 14.8. The number of aromatic nitrogens is 1. The molecule has 0 aliphatic carbocycles. The first kappa shape index (κ1) is 18.9. The molecule has 1 unspecified atom stereocenters. The molecule has 4 rings (SSSR count). The van der Waals surface area contributed by atoms with Crippen LogP contribution in [-0.4, -0.2) is 30.1 Å². The van der Waals surface area contributed by atoms with Crippen LogP contribution in [0, 0.1) is 0 Å². The summed E-state index contributed by atoms with van der Waals surface area (Å²) in [5, 5.41) is 0.374. The molecule has 8 heteroatoms. The number of para-hydroxylation sites is 1. The molecule has 1 aliphatic heterocycles. The maximum atomic E-state index is 13.4. The van der Waals surface area contributed by atoms with E-state index in [9.17, 15) is 18.0 Å². The Balaban J connectivity index is 1.76. The predicted octanol–water partition coefficient (Wildman–Crippen LogP) is 5.14. The fourth-order valence-electron chi connectivity index (χ4n) is 3.28. The number of halogens is 3. The van der Waals surface area contributed by atoms with Crippen LogP contribution < -0.4 is 4.90 Å².